The number of sulfone groups is 1. The number of hydrogen-bond acceptors (Lipinski definition) is 5. The molecule has 1 aromatic heterocycles. The van der Waals surface area contributed by atoms with Crippen LogP contribution in [0.15, 0.2) is 34.1 Å². The van der Waals surface area contributed by atoms with E-state index in [2.05, 4.69) is 17.0 Å². The van der Waals surface area contributed by atoms with Gasteiger partial charge in [0.2, 0.25) is 0 Å². The number of benzene rings is 1. The highest BCUT2D eigenvalue weighted by Crippen LogP contribution is 2.23. The quantitative estimate of drug-likeness (QED) is 0.580. The first kappa shape index (κ1) is 19.4. The fraction of sp³-hybridized carbons (Fsp3) is 0.474. The fourth-order valence-corrected chi connectivity index (χ4v) is 4.80. The molecular formula is C19H25N3O4S. The van der Waals surface area contributed by atoms with Crippen LogP contribution in [0.25, 0.3) is 0 Å². The normalized spacial score (nSPS) is 19.0. The van der Waals surface area contributed by atoms with E-state index in [4.69, 9.17) is 4.74 Å². The van der Waals surface area contributed by atoms with Gasteiger partial charge in [0.05, 0.1) is 35.4 Å². The van der Waals surface area contributed by atoms with Gasteiger partial charge in [-0.15, -0.1) is 0 Å². The number of H-pyrrole nitrogens is 1. The van der Waals surface area contributed by atoms with Crippen molar-refractivity contribution in [2.45, 2.75) is 39.2 Å². The number of aromatic amines is 1. The molecule has 0 aliphatic carbocycles. The number of nitrogens with zero attached hydrogens (tertiary/aromatic N) is 2. The minimum Gasteiger partial charge on any atom is -0.494 e. The van der Waals surface area contributed by atoms with E-state index in [-0.39, 0.29) is 23.1 Å². The Morgan fingerprint density at radius 2 is 2.22 bits per heavy atom. The maximum Gasteiger partial charge on any atom is 0.275 e. The molecule has 1 atom stereocenters. The Hall–Kier alpha value is -2.35. The first-order chi connectivity index (χ1) is 12.9. The maximum atomic E-state index is 12.7. The van der Waals surface area contributed by atoms with Crippen molar-refractivity contribution in [2.75, 3.05) is 18.1 Å². The number of hydrogen-bond donors (Lipinski definition) is 1. The van der Waals surface area contributed by atoms with E-state index < -0.39 is 9.84 Å². The molecule has 146 valence electrons. The molecule has 0 amide bonds. The van der Waals surface area contributed by atoms with E-state index in [0.29, 0.717) is 30.0 Å². The molecular weight excluding hydrogens is 366 g/mol. The zero-order valence-corrected chi connectivity index (χ0v) is 16.5. The summed E-state index contributed by atoms with van der Waals surface area (Å²) in [5, 5.41) is 3.00. The van der Waals surface area contributed by atoms with Gasteiger partial charge in [-0.1, -0.05) is 19.4 Å². The maximum absolute atomic E-state index is 12.7. The largest absolute Gasteiger partial charge is 0.494 e. The number of ether oxygens (including phenoxy) is 1. The van der Waals surface area contributed by atoms with Crippen molar-refractivity contribution in [3.05, 3.63) is 45.9 Å². The predicted octanol–water partition coefficient (Wildman–Crippen LogP) is 2.77. The van der Waals surface area contributed by atoms with Crippen LogP contribution in [0.1, 0.15) is 43.5 Å². The van der Waals surface area contributed by atoms with Crippen molar-refractivity contribution in [1.82, 2.24) is 9.78 Å². The van der Waals surface area contributed by atoms with Crippen LogP contribution in [0.3, 0.4) is 0 Å². The van der Waals surface area contributed by atoms with Gasteiger partial charge in [-0.25, -0.2) is 13.1 Å². The summed E-state index contributed by atoms with van der Waals surface area (Å²) in [6.07, 6.45) is 4.04. The van der Waals surface area contributed by atoms with Crippen LogP contribution in [0, 0.1) is 6.92 Å². The van der Waals surface area contributed by atoms with E-state index in [1.165, 1.54) is 10.9 Å². The molecule has 7 nitrogen and oxygen atoms in total. The fourth-order valence-electron chi connectivity index (χ4n) is 3.10. The van der Waals surface area contributed by atoms with E-state index in [1.54, 1.807) is 6.92 Å². The second-order valence-corrected chi connectivity index (χ2v) is 9.07. The lowest BCUT2D eigenvalue weighted by molar-refractivity contribution is 0.309. The Balaban J connectivity index is 1.78. The van der Waals surface area contributed by atoms with Crippen LogP contribution in [0.4, 0.5) is 5.69 Å². The smallest absolute Gasteiger partial charge is 0.275 e. The first-order valence-electron chi connectivity index (χ1n) is 9.18. The van der Waals surface area contributed by atoms with Gasteiger partial charge in [0, 0.05) is 18.0 Å². The Kier molecular flexibility index (Phi) is 5.84. The summed E-state index contributed by atoms with van der Waals surface area (Å²) < 4.78 is 30.5. The summed E-state index contributed by atoms with van der Waals surface area (Å²) in [5.74, 6) is 0.870. The summed E-state index contributed by atoms with van der Waals surface area (Å²) in [7, 11) is -3.06. The molecule has 1 aromatic carbocycles. The third kappa shape index (κ3) is 4.68. The summed E-state index contributed by atoms with van der Waals surface area (Å²) >= 11 is 0. The number of unbranched alkanes of at least 4 members (excludes halogenated alkanes) is 1. The lowest BCUT2D eigenvalue weighted by Gasteiger charge is -2.07. The highest BCUT2D eigenvalue weighted by molar-refractivity contribution is 7.91. The van der Waals surface area contributed by atoms with Gasteiger partial charge in [0.1, 0.15) is 5.75 Å². The number of aliphatic imine (C=N–C) groups is 1. The molecule has 0 spiro atoms. The van der Waals surface area contributed by atoms with Gasteiger partial charge in [-0.2, -0.15) is 0 Å². The zero-order valence-electron chi connectivity index (χ0n) is 15.6. The minimum atomic E-state index is -3.06. The van der Waals surface area contributed by atoms with E-state index in [9.17, 15) is 13.2 Å². The average Bonchev–Trinajstić information content (AvgIpc) is 3.13. The first-order valence-corrected chi connectivity index (χ1v) is 11.0. The molecule has 1 aliphatic rings. The third-order valence-corrected chi connectivity index (χ3v) is 6.39. The number of aryl methyl sites for hydroxylation is 1. The molecule has 27 heavy (non-hydrogen) atoms. The van der Waals surface area contributed by atoms with E-state index >= 15 is 0 Å². The van der Waals surface area contributed by atoms with E-state index in [1.807, 2.05) is 24.3 Å². The standard InChI is InChI=1S/C19H25N3O4S/c1-3-4-9-26-17-7-5-6-15(11-17)20-12-18-14(2)21-22(19(18)23)16-8-10-27(24,25)13-16/h5-7,11-12,16,21H,3-4,8-10,13H2,1-2H3/t16-/m0/s1. The van der Waals surface area contributed by atoms with Crippen LogP contribution in [0.5, 0.6) is 5.75 Å². The zero-order chi connectivity index (χ0) is 19.4. The van der Waals surface area contributed by atoms with Crippen molar-refractivity contribution in [3.63, 3.8) is 0 Å². The van der Waals surface area contributed by atoms with Crippen molar-refractivity contribution < 1.29 is 13.2 Å². The van der Waals surface area contributed by atoms with Gasteiger partial charge in [-0.3, -0.25) is 14.9 Å². The van der Waals surface area contributed by atoms with Crippen LogP contribution < -0.4 is 10.3 Å². The van der Waals surface area contributed by atoms with Crippen molar-refractivity contribution in [1.29, 1.82) is 0 Å². The highest BCUT2D eigenvalue weighted by atomic mass is 32.2. The average molecular weight is 391 g/mol. The van der Waals surface area contributed by atoms with Crippen molar-refractivity contribution in [2.24, 2.45) is 4.99 Å². The summed E-state index contributed by atoms with van der Waals surface area (Å²) in [6, 6.07) is 7.07. The molecule has 1 saturated heterocycles. The van der Waals surface area contributed by atoms with Crippen LogP contribution in [0.2, 0.25) is 0 Å². The molecule has 1 aliphatic heterocycles. The Morgan fingerprint density at radius 3 is 2.93 bits per heavy atom. The number of nitrogens with one attached hydrogen (secondary N) is 1. The van der Waals surface area contributed by atoms with Crippen LogP contribution in [-0.4, -0.2) is 42.5 Å². The predicted molar refractivity (Wildman–Crippen MR) is 106 cm³/mol. The highest BCUT2D eigenvalue weighted by Gasteiger charge is 2.31. The summed E-state index contributed by atoms with van der Waals surface area (Å²) in [5.41, 5.74) is 1.56. The monoisotopic (exact) mass is 391 g/mol. The van der Waals surface area contributed by atoms with E-state index in [0.717, 1.165) is 18.6 Å². The van der Waals surface area contributed by atoms with Gasteiger partial charge in [0.25, 0.3) is 5.56 Å². The van der Waals surface area contributed by atoms with Crippen molar-refractivity contribution in [3.8, 4) is 5.75 Å². The topological polar surface area (TPSA) is 93.5 Å². The molecule has 1 N–H and O–H groups in total. The van der Waals surface area contributed by atoms with Crippen LogP contribution >= 0.6 is 0 Å². The van der Waals surface area contributed by atoms with Crippen LogP contribution in [-0.2, 0) is 9.84 Å². The van der Waals surface area contributed by atoms with Gasteiger partial charge in [-0.05, 0) is 31.9 Å². The van der Waals surface area contributed by atoms with Gasteiger partial charge >= 0.3 is 0 Å². The molecule has 2 aromatic rings. The minimum absolute atomic E-state index is 0.000582. The molecule has 0 unspecified atom stereocenters. The Bertz CT molecular complexity index is 989. The molecule has 3 rings (SSSR count). The lowest BCUT2D eigenvalue weighted by atomic mass is 10.2. The Labute approximate surface area is 159 Å². The third-order valence-electron chi connectivity index (χ3n) is 4.64. The Morgan fingerprint density at radius 1 is 1.41 bits per heavy atom. The summed E-state index contributed by atoms with van der Waals surface area (Å²) in [4.78, 5) is 17.1. The molecule has 8 heteroatoms. The molecule has 1 fully saturated rings. The summed E-state index contributed by atoms with van der Waals surface area (Å²) in [6.45, 7) is 4.56. The molecule has 0 saturated carbocycles. The van der Waals surface area contributed by atoms with Gasteiger partial charge in [0.15, 0.2) is 9.84 Å². The molecule has 0 bridgehead atoms. The number of rotatable bonds is 7. The molecule has 2 heterocycles. The second kappa shape index (κ2) is 8.12. The van der Waals surface area contributed by atoms with Gasteiger partial charge < -0.3 is 4.74 Å². The second-order valence-electron chi connectivity index (χ2n) is 6.84. The van der Waals surface area contributed by atoms with Crippen molar-refractivity contribution >= 4 is 21.7 Å². The lowest BCUT2D eigenvalue weighted by Crippen LogP contribution is -2.25. The number of aromatic nitrogens is 2. The SMILES string of the molecule is CCCCOc1cccc(N=Cc2c(C)[nH]n([C@H]3CCS(=O)(=O)C3)c2=O)c1. The molecule has 0 radical (unpaired) electrons.